The zero-order chi connectivity index (χ0) is 8.43. The fourth-order valence-electron chi connectivity index (χ4n) is 0.669. The standard InChI is InChI=1S/C7H4Cl2F2/c8-6-4(3-10)1-2-5(11)7(6)9/h1-2H,3H2. The summed E-state index contributed by atoms with van der Waals surface area (Å²) in [5.41, 5.74) is 0.207. The highest BCUT2D eigenvalue weighted by Crippen LogP contribution is 2.28. The molecule has 0 nitrogen and oxygen atoms in total. The molecule has 4 heteroatoms. The first-order valence-corrected chi connectivity index (χ1v) is 3.60. The number of rotatable bonds is 1. The van der Waals surface area contributed by atoms with E-state index in [1.807, 2.05) is 0 Å². The van der Waals surface area contributed by atoms with Crippen molar-refractivity contribution in [3.8, 4) is 0 Å². The Morgan fingerprint density at radius 2 is 1.82 bits per heavy atom. The molecule has 0 atom stereocenters. The van der Waals surface area contributed by atoms with Gasteiger partial charge in [0.25, 0.3) is 0 Å². The van der Waals surface area contributed by atoms with Gasteiger partial charge in [-0.05, 0) is 6.07 Å². The number of hydrogen-bond acceptors (Lipinski definition) is 0. The molecular weight excluding hydrogens is 193 g/mol. The van der Waals surface area contributed by atoms with E-state index in [1.54, 1.807) is 0 Å². The molecule has 0 aromatic heterocycles. The molecule has 0 aliphatic heterocycles. The van der Waals surface area contributed by atoms with Gasteiger partial charge in [-0.25, -0.2) is 8.78 Å². The molecule has 0 bridgehead atoms. The first-order chi connectivity index (χ1) is 5.16. The van der Waals surface area contributed by atoms with Gasteiger partial charge in [-0.2, -0.15) is 0 Å². The van der Waals surface area contributed by atoms with Gasteiger partial charge in [0.1, 0.15) is 12.5 Å². The average Bonchev–Trinajstić information content (AvgIpc) is 2.01. The molecular formula is C7H4Cl2F2. The lowest BCUT2D eigenvalue weighted by atomic mass is 10.2. The normalized spacial score (nSPS) is 10.2. The molecule has 60 valence electrons. The van der Waals surface area contributed by atoms with Crippen LogP contribution in [0.4, 0.5) is 8.78 Å². The zero-order valence-corrected chi connectivity index (χ0v) is 6.89. The predicted molar refractivity (Wildman–Crippen MR) is 41.2 cm³/mol. The summed E-state index contributed by atoms with van der Waals surface area (Å²) in [5, 5.41) is -0.268. The van der Waals surface area contributed by atoms with Crippen molar-refractivity contribution in [2.75, 3.05) is 0 Å². The smallest absolute Gasteiger partial charge is 0.143 e. The molecule has 0 unspecified atom stereocenters. The zero-order valence-electron chi connectivity index (χ0n) is 5.37. The summed E-state index contributed by atoms with van der Waals surface area (Å²) < 4.78 is 24.6. The van der Waals surface area contributed by atoms with E-state index in [2.05, 4.69) is 0 Å². The first-order valence-electron chi connectivity index (χ1n) is 2.85. The van der Waals surface area contributed by atoms with Gasteiger partial charge in [0.15, 0.2) is 0 Å². The van der Waals surface area contributed by atoms with Crippen LogP contribution in [0.15, 0.2) is 12.1 Å². The maximum absolute atomic E-state index is 12.6. The Balaban J connectivity index is 3.25. The van der Waals surface area contributed by atoms with Gasteiger partial charge in [0, 0.05) is 5.56 Å². The van der Waals surface area contributed by atoms with Crippen LogP contribution < -0.4 is 0 Å². The van der Waals surface area contributed by atoms with Crippen molar-refractivity contribution in [3.63, 3.8) is 0 Å². The van der Waals surface area contributed by atoms with Gasteiger partial charge in [-0.3, -0.25) is 0 Å². The molecule has 0 radical (unpaired) electrons. The molecule has 0 fully saturated rings. The molecule has 0 amide bonds. The molecule has 0 saturated carbocycles. The minimum absolute atomic E-state index is 0.0471. The van der Waals surface area contributed by atoms with Crippen molar-refractivity contribution in [3.05, 3.63) is 33.6 Å². The Labute approximate surface area is 72.7 Å². The van der Waals surface area contributed by atoms with Gasteiger partial charge >= 0.3 is 0 Å². The fourth-order valence-corrected chi connectivity index (χ4v) is 1.06. The summed E-state index contributed by atoms with van der Waals surface area (Å²) in [6.45, 7) is -0.737. The molecule has 0 heterocycles. The highest BCUT2D eigenvalue weighted by molar-refractivity contribution is 6.42. The van der Waals surface area contributed by atoms with Gasteiger partial charge in [0.2, 0.25) is 0 Å². The molecule has 0 saturated heterocycles. The molecule has 11 heavy (non-hydrogen) atoms. The summed E-state index contributed by atoms with van der Waals surface area (Å²) in [7, 11) is 0. The van der Waals surface area contributed by atoms with Crippen LogP contribution in [0.5, 0.6) is 0 Å². The van der Waals surface area contributed by atoms with E-state index < -0.39 is 12.5 Å². The van der Waals surface area contributed by atoms with Gasteiger partial charge in [-0.1, -0.05) is 29.3 Å². The highest BCUT2D eigenvalue weighted by atomic mass is 35.5. The van der Waals surface area contributed by atoms with Crippen molar-refractivity contribution in [1.29, 1.82) is 0 Å². The summed E-state index contributed by atoms with van der Waals surface area (Å²) in [5.74, 6) is -0.631. The van der Waals surface area contributed by atoms with Crippen LogP contribution >= 0.6 is 23.2 Å². The van der Waals surface area contributed by atoms with E-state index in [1.165, 1.54) is 6.07 Å². The second-order valence-corrected chi connectivity index (χ2v) is 2.72. The summed E-state index contributed by atoms with van der Waals surface area (Å²) in [6.07, 6.45) is 0. The highest BCUT2D eigenvalue weighted by Gasteiger charge is 2.08. The van der Waals surface area contributed by atoms with Gasteiger partial charge in [0.05, 0.1) is 10.0 Å². The largest absolute Gasteiger partial charge is 0.246 e. The Morgan fingerprint density at radius 3 is 2.36 bits per heavy atom. The quantitative estimate of drug-likeness (QED) is 0.603. The predicted octanol–water partition coefficient (Wildman–Crippen LogP) is 3.60. The number of alkyl halides is 1. The monoisotopic (exact) mass is 196 g/mol. The second kappa shape index (κ2) is 3.37. The van der Waals surface area contributed by atoms with Crippen LogP contribution in [0.1, 0.15) is 5.56 Å². The maximum Gasteiger partial charge on any atom is 0.143 e. The topological polar surface area (TPSA) is 0 Å². The molecule has 0 N–H and O–H groups in total. The van der Waals surface area contributed by atoms with Crippen LogP contribution in [0, 0.1) is 5.82 Å². The van der Waals surface area contributed by atoms with E-state index in [4.69, 9.17) is 23.2 Å². The molecule has 0 aliphatic rings. The van der Waals surface area contributed by atoms with E-state index >= 15 is 0 Å². The van der Waals surface area contributed by atoms with E-state index in [-0.39, 0.29) is 15.6 Å². The van der Waals surface area contributed by atoms with Crippen molar-refractivity contribution in [2.45, 2.75) is 6.67 Å². The van der Waals surface area contributed by atoms with Crippen LogP contribution in [0.2, 0.25) is 10.0 Å². The van der Waals surface area contributed by atoms with Crippen LogP contribution in [-0.2, 0) is 6.67 Å². The van der Waals surface area contributed by atoms with Crippen molar-refractivity contribution >= 4 is 23.2 Å². The minimum Gasteiger partial charge on any atom is -0.246 e. The summed E-state index contributed by atoms with van der Waals surface area (Å²) in [6, 6.07) is 2.35. The van der Waals surface area contributed by atoms with Crippen LogP contribution in [0.3, 0.4) is 0 Å². The SMILES string of the molecule is FCc1ccc(F)c(Cl)c1Cl. The second-order valence-electron chi connectivity index (χ2n) is 1.97. The lowest BCUT2D eigenvalue weighted by Gasteiger charge is -2.01. The van der Waals surface area contributed by atoms with E-state index in [0.717, 1.165) is 6.07 Å². The Kier molecular flexibility index (Phi) is 2.68. The van der Waals surface area contributed by atoms with E-state index in [9.17, 15) is 8.78 Å². The maximum atomic E-state index is 12.6. The third-order valence-electron chi connectivity index (χ3n) is 1.26. The van der Waals surface area contributed by atoms with Crippen molar-refractivity contribution in [2.24, 2.45) is 0 Å². The van der Waals surface area contributed by atoms with Gasteiger partial charge in [-0.15, -0.1) is 0 Å². The Hall–Kier alpha value is -0.340. The summed E-state index contributed by atoms with van der Waals surface area (Å²) in [4.78, 5) is 0. The molecule has 1 aromatic carbocycles. The average molecular weight is 197 g/mol. The number of hydrogen-bond donors (Lipinski definition) is 0. The van der Waals surface area contributed by atoms with Crippen molar-refractivity contribution in [1.82, 2.24) is 0 Å². The van der Waals surface area contributed by atoms with Crippen LogP contribution in [0.25, 0.3) is 0 Å². The first kappa shape index (κ1) is 8.75. The fraction of sp³-hybridized carbons (Fsp3) is 0.143. The van der Waals surface area contributed by atoms with Gasteiger partial charge < -0.3 is 0 Å². The third kappa shape index (κ3) is 1.63. The lowest BCUT2D eigenvalue weighted by molar-refractivity contribution is 0.484. The number of benzene rings is 1. The van der Waals surface area contributed by atoms with Crippen LogP contribution in [-0.4, -0.2) is 0 Å². The number of halogens is 4. The minimum atomic E-state index is -0.737. The molecule has 0 spiro atoms. The molecule has 1 rings (SSSR count). The molecule has 1 aromatic rings. The lowest BCUT2D eigenvalue weighted by Crippen LogP contribution is -1.85. The van der Waals surface area contributed by atoms with E-state index in [0.29, 0.717) is 0 Å². The Morgan fingerprint density at radius 1 is 1.18 bits per heavy atom. The third-order valence-corrected chi connectivity index (χ3v) is 2.16. The summed E-state index contributed by atoms with van der Waals surface area (Å²) >= 11 is 10.9. The Bertz CT molecular complexity index is 273. The molecule has 0 aliphatic carbocycles. The van der Waals surface area contributed by atoms with Crippen molar-refractivity contribution < 1.29 is 8.78 Å².